The number of piperidine rings is 1. The minimum atomic E-state index is 0.592. The van der Waals surface area contributed by atoms with Crippen molar-refractivity contribution >= 4 is 11.4 Å². The van der Waals surface area contributed by atoms with Gasteiger partial charge < -0.3 is 10.6 Å². The van der Waals surface area contributed by atoms with Gasteiger partial charge in [-0.05, 0) is 37.1 Å². The van der Waals surface area contributed by atoms with Crippen molar-refractivity contribution in [3.63, 3.8) is 0 Å². The van der Waals surface area contributed by atoms with Crippen LogP contribution in [0, 0.1) is 0 Å². The summed E-state index contributed by atoms with van der Waals surface area (Å²) in [5.41, 5.74) is 12.8. The van der Waals surface area contributed by atoms with E-state index in [0.29, 0.717) is 5.92 Å². The summed E-state index contributed by atoms with van der Waals surface area (Å²) in [5.74, 6) is 0.592. The molecule has 3 aromatic rings. The molecule has 3 aliphatic heterocycles. The quantitative estimate of drug-likeness (QED) is 0.731. The molecule has 120 valence electrons. The summed E-state index contributed by atoms with van der Waals surface area (Å²) in [5, 5.41) is 5.04. The average molecular weight is 316 g/mol. The van der Waals surface area contributed by atoms with Crippen LogP contribution in [0.2, 0.25) is 0 Å². The third-order valence-electron chi connectivity index (χ3n) is 5.25. The van der Waals surface area contributed by atoms with Crippen LogP contribution in [-0.2, 0) is 0 Å². The van der Waals surface area contributed by atoms with Gasteiger partial charge >= 0.3 is 0 Å². The fourth-order valence-electron chi connectivity index (χ4n) is 4.09. The highest BCUT2D eigenvalue weighted by atomic mass is 15.3. The highest BCUT2D eigenvalue weighted by Gasteiger charge is 2.37. The van der Waals surface area contributed by atoms with Crippen molar-refractivity contribution in [1.82, 2.24) is 9.78 Å². The first-order chi connectivity index (χ1) is 11.8. The van der Waals surface area contributed by atoms with Crippen LogP contribution in [-0.4, -0.2) is 22.9 Å². The standard InChI is InChI=1S/C20H20N4/c21-16-6-4-5-15(13-16)19-20-18(14-9-11-23(20)12-10-14)22-24(19)17-7-2-1-3-8-17/h1-8,13-14H,9-12,21H2. The van der Waals surface area contributed by atoms with E-state index in [1.807, 2.05) is 18.2 Å². The van der Waals surface area contributed by atoms with E-state index < -0.39 is 0 Å². The third-order valence-corrected chi connectivity index (χ3v) is 5.25. The fourth-order valence-corrected chi connectivity index (χ4v) is 4.09. The predicted molar refractivity (Wildman–Crippen MR) is 97.6 cm³/mol. The Morgan fingerprint density at radius 2 is 1.75 bits per heavy atom. The zero-order valence-electron chi connectivity index (χ0n) is 13.5. The zero-order chi connectivity index (χ0) is 16.1. The number of para-hydroxylation sites is 1. The Balaban J connectivity index is 1.80. The number of hydrogen-bond acceptors (Lipinski definition) is 3. The maximum absolute atomic E-state index is 6.06. The molecule has 1 fully saturated rings. The molecule has 1 saturated heterocycles. The van der Waals surface area contributed by atoms with E-state index >= 15 is 0 Å². The van der Waals surface area contributed by atoms with Gasteiger partial charge in [-0.3, -0.25) is 0 Å². The van der Waals surface area contributed by atoms with Crippen LogP contribution in [0.25, 0.3) is 16.9 Å². The number of benzene rings is 2. The monoisotopic (exact) mass is 316 g/mol. The number of nitrogen functional groups attached to an aromatic ring is 1. The van der Waals surface area contributed by atoms with Crippen molar-refractivity contribution in [3.8, 4) is 16.9 Å². The molecule has 0 amide bonds. The molecule has 2 bridgehead atoms. The van der Waals surface area contributed by atoms with Crippen molar-refractivity contribution in [1.29, 1.82) is 0 Å². The van der Waals surface area contributed by atoms with Gasteiger partial charge in [0.05, 0.1) is 22.8 Å². The van der Waals surface area contributed by atoms with Gasteiger partial charge in [0.25, 0.3) is 0 Å². The Hall–Kier alpha value is -2.75. The van der Waals surface area contributed by atoms with Crippen molar-refractivity contribution in [2.24, 2.45) is 0 Å². The first-order valence-electron chi connectivity index (χ1n) is 8.60. The molecule has 4 nitrogen and oxygen atoms in total. The highest BCUT2D eigenvalue weighted by molar-refractivity contribution is 5.82. The summed E-state index contributed by atoms with van der Waals surface area (Å²) < 4.78 is 2.11. The van der Waals surface area contributed by atoms with Gasteiger partial charge in [0.1, 0.15) is 0 Å². The largest absolute Gasteiger partial charge is 0.399 e. The van der Waals surface area contributed by atoms with Gasteiger partial charge in [-0.2, -0.15) is 5.10 Å². The maximum Gasteiger partial charge on any atom is 0.0978 e. The summed E-state index contributed by atoms with van der Waals surface area (Å²) >= 11 is 0. The lowest BCUT2D eigenvalue weighted by molar-refractivity contribution is 0.465. The molecule has 3 aliphatic rings. The molecular formula is C20H20N4. The molecule has 2 N–H and O–H groups in total. The molecule has 6 rings (SSSR count). The van der Waals surface area contributed by atoms with Crippen molar-refractivity contribution in [3.05, 3.63) is 60.3 Å². The topological polar surface area (TPSA) is 47.1 Å². The van der Waals surface area contributed by atoms with Crippen LogP contribution in [0.5, 0.6) is 0 Å². The number of fused-ring (bicyclic) bond motifs is 2. The minimum absolute atomic E-state index is 0.592. The molecule has 24 heavy (non-hydrogen) atoms. The van der Waals surface area contributed by atoms with Crippen LogP contribution >= 0.6 is 0 Å². The van der Waals surface area contributed by atoms with Gasteiger partial charge in [-0.1, -0.05) is 30.3 Å². The highest BCUT2D eigenvalue weighted by Crippen LogP contribution is 2.47. The van der Waals surface area contributed by atoms with Gasteiger partial charge in [0.2, 0.25) is 0 Å². The van der Waals surface area contributed by atoms with E-state index in [1.165, 1.54) is 29.9 Å². The summed E-state index contributed by atoms with van der Waals surface area (Å²) in [4.78, 5) is 2.50. The van der Waals surface area contributed by atoms with Crippen molar-refractivity contribution in [2.75, 3.05) is 23.7 Å². The molecule has 0 unspecified atom stereocenters. The van der Waals surface area contributed by atoms with Crippen LogP contribution in [0.15, 0.2) is 54.6 Å². The number of nitrogens with two attached hydrogens (primary N) is 1. The van der Waals surface area contributed by atoms with Gasteiger partial charge in [0.15, 0.2) is 0 Å². The first-order valence-corrected chi connectivity index (χ1v) is 8.60. The summed E-state index contributed by atoms with van der Waals surface area (Å²) in [6.07, 6.45) is 2.43. The third kappa shape index (κ3) is 1.96. The normalized spacial score (nSPS) is 16.4. The molecule has 0 radical (unpaired) electrons. The van der Waals surface area contributed by atoms with Gasteiger partial charge in [-0.15, -0.1) is 0 Å². The van der Waals surface area contributed by atoms with E-state index in [0.717, 1.165) is 30.0 Å². The summed E-state index contributed by atoms with van der Waals surface area (Å²) in [6, 6.07) is 18.6. The molecule has 0 atom stereocenters. The first kappa shape index (κ1) is 13.7. The number of aromatic nitrogens is 2. The zero-order valence-corrected chi connectivity index (χ0v) is 13.5. The predicted octanol–water partition coefficient (Wildman–Crippen LogP) is 3.82. The summed E-state index contributed by atoms with van der Waals surface area (Å²) in [6.45, 7) is 2.26. The minimum Gasteiger partial charge on any atom is -0.399 e. The van der Waals surface area contributed by atoms with E-state index in [4.69, 9.17) is 10.8 Å². The van der Waals surface area contributed by atoms with Crippen molar-refractivity contribution in [2.45, 2.75) is 18.8 Å². The Labute approximate surface area is 141 Å². The SMILES string of the molecule is Nc1cccc(-c2c3c(nn2-c2ccccc2)C2CCN3CC2)c1. The Bertz CT molecular complexity index is 889. The Morgan fingerprint density at radius 1 is 0.958 bits per heavy atom. The maximum atomic E-state index is 6.06. The average Bonchev–Trinajstić information content (AvgIpc) is 3.06. The molecule has 0 aliphatic carbocycles. The van der Waals surface area contributed by atoms with Gasteiger partial charge in [0, 0.05) is 30.3 Å². The Morgan fingerprint density at radius 3 is 2.50 bits per heavy atom. The molecule has 4 heterocycles. The number of hydrogen-bond donors (Lipinski definition) is 1. The molecular weight excluding hydrogens is 296 g/mol. The second-order valence-corrected chi connectivity index (χ2v) is 6.72. The molecule has 4 heteroatoms. The van der Waals surface area contributed by atoms with E-state index in [2.05, 4.69) is 46.0 Å². The smallest absolute Gasteiger partial charge is 0.0978 e. The van der Waals surface area contributed by atoms with Crippen LogP contribution in [0.1, 0.15) is 24.5 Å². The van der Waals surface area contributed by atoms with Crippen LogP contribution in [0.3, 0.4) is 0 Å². The number of anilines is 2. The van der Waals surface area contributed by atoms with Gasteiger partial charge in [-0.25, -0.2) is 4.68 Å². The summed E-state index contributed by atoms with van der Waals surface area (Å²) in [7, 11) is 0. The second-order valence-electron chi connectivity index (χ2n) is 6.72. The van der Waals surface area contributed by atoms with E-state index in [9.17, 15) is 0 Å². The second kappa shape index (κ2) is 5.13. The lowest BCUT2D eigenvalue weighted by Gasteiger charge is -2.39. The lowest BCUT2D eigenvalue weighted by atomic mass is 9.86. The number of rotatable bonds is 2. The van der Waals surface area contributed by atoms with Crippen molar-refractivity contribution < 1.29 is 0 Å². The molecule has 0 spiro atoms. The molecule has 1 aromatic heterocycles. The molecule has 0 saturated carbocycles. The Kier molecular flexibility index (Phi) is 2.92. The van der Waals surface area contributed by atoms with E-state index in [-0.39, 0.29) is 0 Å². The molecule has 2 aromatic carbocycles. The lowest BCUT2D eigenvalue weighted by Crippen LogP contribution is -2.38. The van der Waals surface area contributed by atoms with Crippen LogP contribution < -0.4 is 10.6 Å². The fraction of sp³-hybridized carbons (Fsp3) is 0.250. The van der Waals surface area contributed by atoms with E-state index in [1.54, 1.807) is 0 Å². The van der Waals surface area contributed by atoms with Crippen LogP contribution in [0.4, 0.5) is 11.4 Å². The number of nitrogens with zero attached hydrogens (tertiary/aromatic N) is 3.